The number of nitrogens with two attached hydrogens (primary N) is 1. The first-order chi connectivity index (χ1) is 10.1. The number of rotatable bonds is 5. The van der Waals surface area contributed by atoms with Crippen molar-refractivity contribution in [3.63, 3.8) is 0 Å². The quantitative estimate of drug-likeness (QED) is 0.436. The largest absolute Gasteiger partial charge is 0.379 e. The van der Waals surface area contributed by atoms with Gasteiger partial charge in [0.15, 0.2) is 5.96 Å². The van der Waals surface area contributed by atoms with Gasteiger partial charge in [-0.25, -0.2) is 4.99 Å². The van der Waals surface area contributed by atoms with E-state index < -0.39 is 0 Å². The number of nitrogens with one attached hydrogen (secondary N) is 1. The summed E-state index contributed by atoms with van der Waals surface area (Å²) in [6.07, 6.45) is 0. The summed E-state index contributed by atoms with van der Waals surface area (Å²) in [5, 5.41) is 3.09. The molecule has 1 heterocycles. The highest BCUT2D eigenvalue weighted by atomic mass is 127. The minimum Gasteiger partial charge on any atom is -0.379 e. The molecule has 0 aromatic heterocycles. The molecule has 0 aliphatic carbocycles. The highest BCUT2D eigenvalue weighted by Crippen LogP contribution is 2.10. The number of ether oxygens (including phenoxy) is 1. The van der Waals surface area contributed by atoms with Crippen LogP contribution >= 0.6 is 24.0 Å². The number of hydrogen-bond donors (Lipinski definition) is 2. The van der Waals surface area contributed by atoms with E-state index in [2.05, 4.69) is 39.5 Å². The topological polar surface area (TPSA) is 62.9 Å². The number of guanidine groups is 1. The van der Waals surface area contributed by atoms with E-state index in [4.69, 9.17) is 10.5 Å². The molecule has 124 valence electrons. The van der Waals surface area contributed by atoms with E-state index >= 15 is 0 Å². The van der Waals surface area contributed by atoms with Gasteiger partial charge in [0, 0.05) is 25.7 Å². The third-order valence-electron chi connectivity index (χ3n) is 3.40. The molecule has 0 saturated carbocycles. The highest BCUT2D eigenvalue weighted by molar-refractivity contribution is 14.0. The number of halogens is 1. The summed E-state index contributed by atoms with van der Waals surface area (Å²) < 4.78 is 5.36. The van der Waals surface area contributed by atoms with Crippen LogP contribution in [0.3, 0.4) is 0 Å². The molecule has 1 aliphatic rings. The molecule has 0 radical (unpaired) electrons. The van der Waals surface area contributed by atoms with Crippen LogP contribution in [-0.2, 0) is 17.8 Å². The zero-order valence-corrected chi connectivity index (χ0v) is 15.7. The van der Waals surface area contributed by atoms with Crippen molar-refractivity contribution in [1.82, 2.24) is 10.2 Å². The Bertz CT molecular complexity index is 456. The Morgan fingerprint density at radius 2 is 1.82 bits per heavy atom. The van der Waals surface area contributed by atoms with Crippen molar-refractivity contribution >= 4 is 29.9 Å². The summed E-state index contributed by atoms with van der Waals surface area (Å²) >= 11 is 0. The van der Waals surface area contributed by atoms with Crippen LogP contribution in [0.5, 0.6) is 0 Å². The van der Waals surface area contributed by atoms with Crippen molar-refractivity contribution < 1.29 is 4.74 Å². The van der Waals surface area contributed by atoms with Crippen LogP contribution in [0.15, 0.2) is 29.3 Å². The molecule has 22 heavy (non-hydrogen) atoms. The molecule has 0 atom stereocenters. The van der Waals surface area contributed by atoms with E-state index in [0.29, 0.717) is 18.5 Å². The Morgan fingerprint density at radius 3 is 2.41 bits per heavy atom. The molecule has 3 N–H and O–H groups in total. The molecule has 2 rings (SSSR count). The Morgan fingerprint density at radius 1 is 1.23 bits per heavy atom. The molecule has 1 fully saturated rings. The van der Waals surface area contributed by atoms with Gasteiger partial charge in [-0.2, -0.15) is 0 Å². The molecule has 0 unspecified atom stereocenters. The van der Waals surface area contributed by atoms with Crippen molar-refractivity contribution in [2.24, 2.45) is 10.7 Å². The lowest BCUT2D eigenvalue weighted by Gasteiger charge is -2.26. The average molecular weight is 418 g/mol. The van der Waals surface area contributed by atoms with Gasteiger partial charge in [-0.15, -0.1) is 24.0 Å². The van der Waals surface area contributed by atoms with E-state index in [1.54, 1.807) is 0 Å². The monoisotopic (exact) mass is 418 g/mol. The third kappa shape index (κ3) is 6.93. The number of aliphatic imine (C=N–C) groups is 1. The molecular weight excluding hydrogens is 391 g/mol. The Kier molecular flexibility index (Phi) is 8.74. The molecule has 1 aromatic carbocycles. The maximum atomic E-state index is 5.80. The summed E-state index contributed by atoms with van der Waals surface area (Å²) in [4.78, 5) is 6.75. The van der Waals surface area contributed by atoms with Crippen LogP contribution in [0.1, 0.15) is 25.0 Å². The lowest BCUT2D eigenvalue weighted by molar-refractivity contribution is 0.0342. The predicted molar refractivity (Wildman–Crippen MR) is 102 cm³/mol. The van der Waals surface area contributed by atoms with Gasteiger partial charge in [0.25, 0.3) is 0 Å². The number of benzene rings is 1. The SMILES string of the molecule is CC(C)NC(N)=NCc1ccc(CN2CCOCC2)cc1.I. The molecule has 0 spiro atoms. The van der Waals surface area contributed by atoms with E-state index in [-0.39, 0.29) is 24.0 Å². The second-order valence-electron chi connectivity index (χ2n) is 5.71. The zero-order valence-electron chi connectivity index (χ0n) is 13.4. The third-order valence-corrected chi connectivity index (χ3v) is 3.40. The smallest absolute Gasteiger partial charge is 0.189 e. The van der Waals surface area contributed by atoms with E-state index in [1.807, 2.05) is 13.8 Å². The standard InChI is InChI=1S/C16H26N4O.HI/c1-13(2)19-16(17)18-11-14-3-5-15(6-4-14)12-20-7-9-21-10-8-20;/h3-6,13H,7-12H2,1-2H3,(H3,17,18,19);1H. The van der Waals surface area contributed by atoms with E-state index in [1.165, 1.54) is 11.1 Å². The number of hydrogen-bond acceptors (Lipinski definition) is 3. The van der Waals surface area contributed by atoms with Crippen molar-refractivity contribution in [2.75, 3.05) is 26.3 Å². The summed E-state index contributed by atoms with van der Waals surface area (Å²) in [6, 6.07) is 8.91. The van der Waals surface area contributed by atoms with Crippen LogP contribution < -0.4 is 11.1 Å². The molecule has 1 saturated heterocycles. The second kappa shape index (κ2) is 10.0. The van der Waals surface area contributed by atoms with Gasteiger partial charge in [-0.1, -0.05) is 24.3 Å². The summed E-state index contributed by atoms with van der Waals surface area (Å²) in [5.41, 5.74) is 8.30. The number of nitrogens with zero attached hydrogens (tertiary/aromatic N) is 2. The van der Waals surface area contributed by atoms with Crippen molar-refractivity contribution in [3.05, 3.63) is 35.4 Å². The minimum absolute atomic E-state index is 0. The predicted octanol–water partition coefficient (Wildman–Crippen LogP) is 1.95. The van der Waals surface area contributed by atoms with Gasteiger partial charge in [0.1, 0.15) is 0 Å². The number of morpholine rings is 1. The van der Waals surface area contributed by atoms with Crippen molar-refractivity contribution in [2.45, 2.75) is 33.0 Å². The molecule has 0 bridgehead atoms. The van der Waals surface area contributed by atoms with E-state index in [0.717, 1.165) is 32.8 Å². The summed E-state index contributed by atoms with van der Waals surface area (Å²) in [6.45, 7) is 9.41. The molecule has 6 heteroatoms. The van der Waals surface area contributed by atoms with Crippen LogP contribution in [-0.4, -0.2) is 43.2 Å². The van der Waals surface area contributed by atoms with Gasteiger partial charge < -0.3 is 15.8 Å². The van der Waals surface area contributed by atoms with Crippen LogP contribution in [0, 0.1) is 0 Å². The molecule has 0 amide bonds. The van der Waals surface area contributed by atoms with E-state index in [9.17, 15) is 0 Å². The molecular formula is C16H27IN4O. The lowest BCUT2D eigenvalue weighted by Crippen LogP contribution is -2.36. The second-order valence-corrected chi connectivity index (χ2v) is 5.71. The zero-order chi connectivity index (χ0) is 15.1. The summed E-state index contributed by atoms with van der Waals surface area (Å²) in [7, 11) is 0. The van der Waals surface area contributed by atoms with Gasteiger partial charge in [0.05, 0.1) is 19.8 Å². The van der Waals surface area contributed by atoms with Gasteiger partial charge in [-0.05, 0) is 25.0 Å². The van der Waals surface area contributed by atoms with Gasteiger partial charge >= 0.3 is 0 Å². The van der Waals surface area contributed by atoms with Gasteiger partial charge in [0.2, 0.25) is 0 Å². The molecule has 5 nitrogen and oxygen atoms in total. The van der Waals surface area contributed by atoms with Crippen LogP contribution in [0.2, 0.25) is 0 Å². The molecule has 1 aromatic rings. The first-order valence-electron chi connectivity index (χ1n) is 7.58. The van der Waals surface area contributed by atoms with Crippen molar-refractivity contribution in [3.8, 4) is 0 Å². The Balaban J connectivity index is 0.00000242. The first kappa shape index (κ1) is 19.2. The Labute approximate surface area is 150 Å². The maximum Gasteiger partial charge on any atom is 0.189 e. The lowest BCUT2D eigenvalue weighted by atomic mass is 10.1. The average Bonchev–Trinajstić information content (AvgIpc) is 2.47. The van der Waals surface area contributed by atoms with Gasteiger partial charge in [-0.3, -0.25) is 4.90 Å². The fourth-order valence-electron chi connectivity index (χ4n) is 2.29. The fraction of sp³-hybridized carbons (Fsp3) is 0.562. The fourth-order valence-corrected chi connectivity index (χ4v) is 2.29. The Hall–Kier alpha value is -0.860. The normalized spacial score (nSPS) is 16.4. The highest BCUT2D eigenvalue weighted by Gasteiger charge is 2.10. The summed E-state index contributed by atoms with van der Waals surface area (Å²) in [5.74, 6) is 0.502. The minimum atomic E-state index is 0. The van der Waals surface area contributed by atoms with Crippen LogP contribution in [0.4, 0.5) is 0 Å². The molecule has 1 aliphatic heterocycles. The first-order valence-corrected chi connectivity index (χ1v) is 7.58. The maximum absolute atomic E-state index is 5.80. The van der Waals surface area contributed by atoms with Crippen LogP contribution in [0.25, 0.3) is 0 Å². The van der Waals surface area contributed by atoms with Crippen molar-refractivity contribution in [1.29, 1.82) is 0 Å².